The van der Waals surface area contributed by atoms with Crippen LogP contribution in [0.1, 0.15) is 18.9 Å². The number of aliphatic hydroxyl groups is 1. The number of benzene rings is 1. The molecule has 2 nitrogen and oxygen atoms in total. The molecule has 0 aromatic heterocycles. The van der Waals surface area contributed by atoms with Gasteiger partial charge in [-0.3, -0.25) is 0 Å². The van der Waals surface area contributed by atoms with Crippen LogP contribution in [0.3, 0.4) is 0 Å². The van der Waals surface area contributed by atoms with Gasteiger partial charge in [-0.15, -0.1) is 6.42 Å². The number of aliphatic hydroxyl groups excluding tert-OH is 1. The molecule has 0 saturated carbocycles. The van der Waals surface area contributed by atoms with E-state index in [1.165, 1.54) is 4.90 Å². The normalized spacial score (nSPS) is 10.1. The second-order valence-corrected chi connectivity index (χ2v) is 3.69. The number of halogens is 2. The third kappa shape index (κ3) is 3.18. The van der Waals surface area contributed by atoms with Crippen molar-refractivity contribution in [2.24, 2.45) is 0 Å². The molecule has 0 saturated heterocycles. The summed E-state index contributed by atoms with van der Waals surface area (Å²) < 4.78 is 27.5. The van der Waals surface area contributed by atoms with Gasteiger partial charge >= 0.3 is 0 Å². The highest BCUT2D eigenvalue weighted by Crippen LogP contribution is 2.25. The molecule has 0 aliphatic carbocycles. The van der Waals surface area contributed by atoms with Crippen LogP contribution in [-0.2, 0) is 6.61 Å². The molecule has 0 unspecified atom stereocenters. The number of terminal acetylenes is 1. The van der Waals surface area contributed by atoms with E-state index in [1.54, 1.807) is 0 Å². The molecule has 1 rings (SSSR count). The van der Waals surface area contributed by atoms with Crippen LogP contribution >= 0.6 is 0 Å². The van der Waals surface area contributed by atoms with Gasteiger partial charge in [-0.25, -0.2) is 8.78 Å². The fourth-order valence-corrected chi connectivity index (χ4v) is 1.66. The summed E-state index contributed by atoms with van der Waals surface area (Å²) in [6.45, 7) is 2.15. The molecule has 0 spiro atoms. The fraction of sp³-hybridized carbons (Fsp3) is 0.385. The van der Waals surface area contributed by atoms with Crippen LogP contribution in [0.15, 0.2) is 12.1 Å². The maximum Gasteiger partial charge on any atom is 0.149 e. The summed E-state index contributed by atoms with van der Waals surface area (Å²) in [5, 5.41) is 8.84. The molecule has 4 heteroatoms. The Hall–Kier alpha value is -1.60. The van der Waals surface area contributed by atoms with E-state index in [9.17, 15) is 8.78 Å². The zero-order chi connectivity index (χ0) is 12.8. The van der Waals surface area contributed by atoms with E-state index in [-0.39, 0.29) is 17.8 Å². The van der Waals surface area contributed by atoms with Crippen molar-refractivity contribution in [3.05, 3.63) is 29.3 Å². The van der Waals surface area contributed by atoms with Gasteiger partial charge < -0.3 is 10.0 Å². The predicted molar refractivity (Wildman–Crippen MR) is 63.6 cm³/mol. The molecule has 0 amide bonds. The summed E-state index contributed by atoms with van der Waals surface area (Å²) in [6, 6.07) is 2.25. The lowest BCUT2D eigenvalue weighted by Crippen LogP contribution is -2.26. The summed E-state index contributed by atoms with van der Waals surface area (Å²) in [4.78, 5) is 1.48. The lowest BCUT2D eigenvalue weighted by atomic mass is 10.1. The fourth-order valence-electron chi connectivity index (χ4n) is 1.66. The van der Waals surface area contributed by atoms with Crippen molar-refractivity contribution in [1.29, 1.82) is 0 Å². The molecule has 0 aliphatic heterocycles. The molecule has 0 atom stereocenters. The zero-order valence-electron chi connectivity index (χ0n) is 9.71. The van der Waals surface area contributed by atoms with E-state index >= 15 is 0 Å². The Morgan fingerprint density at radius 1 is 1.35 bits per heavy atom. The van der Waals surface area contributed by atoms with Crippen LogP contribution < -0.4 is 4.90 Å². The average Bonchev–Trinajstić information content (AvgIpc) is 2.28. The second-order valence-electron chi connectivity index (χ2n) is 3.69. The molecule has 0 bridgehead atoms. The van der Waals surface area contributed by atoms with E-state index in [2.05, 4.69) is 5.92 Å². The van der Waals surface area contributed by atoms with Crippen LogP contribution in [-0.4, -0.2) is 18.2 Å². The minimum absolute atomic E-state index is 0.123. The van der Waals surface area contributed by atoms with Gasteiger partial charge in [-0.05, 0) is 24.1 Å². The van der Waals surface area contributed by atoms with E-state index in [0.717, 1.165) is 18.6 Å². The van der Waals surface area contributed by atoms with Crippen molar-refractivity contribution in [3.63, 3.8) is 0 Å². The molecule has 1 N–H and O–H groups in total. The molecule has 0 radical (unpaired) electrons. The Labute approximate surface area is 99.9 Å². The van der Waals surface area contributed by atoms with Crippen LogP contribution in [0.25, 0.3) is 0 Å². The van der Waals surface area contributed by atoms with Gasteiger partial charge in [-0.1, -0.05) is 12.8 Å². The monoisotopic (exact) mass is 239 g/mol. The van der Waals surface area contributed by atoms with Gasteiger partial charge in [0.05, 0.1) is 13.2 Å². The summed E-state index contributed by atoms with van der Waals surface area (Å²) >= 11 is 0. The molecule has 1 aromatic rings. The van der Waals surface area contributed by atoms with Crippen LogP contribution in [0.2, 0.25) is 0 Å². The van der Waals surface area contributed by atoms with Gasteiger partial charge in [0.1, 0.15) is 17.3 Å². The van der Waals surface area contributed by atoms with Crippen molar-refractivity contribution < 1.29 is 13.9 Å². The summed E-state index contributed by atoms with van der Waals surface area (Å²) in [5.41, 5.74) is 0.0860. The van der Waals surface area contributed by atoms with Gasteiger partial charge in [0.15, 0.2) is 0 Å². The molecular weight excluding hydrogens is 224 g/mol. The maximum absolute atomic E-state index is 13.7. The first-order valence-corrected chi connectivity index (χ1v) is 5.41. The van der Waals surface area contributed by atoms with E-state index in [4.69, 9.17) is 11.5 Å². The van der Waals surface area contributed by atoms with Gasteiger partial charge in [0.25, 0.3) is 0 Å². The van der Waals surface area contributed by atoms with Crippen LogP contribution in [0, 0.1) is 24.0 Å². The van der Waals surface area contributed by atoms with Crippen molar-refractivity contribution >= 4 is 5.69 Å². The third-order valence-corrected chi connectivity index (χ3v) is 2.35. The lowest BCUT2D eigenvalue weighted by Gasteiger charge is -2.23. The van der Waals surface area contributed by atoms with Crippen molar-refractivity contribution in [2.75, 3.05) is 18.0 Å². The number of hydrogen-bond acceptors (Lipinski definition) is 2. The standard InChI is InChI=1S/C13H15F2NO/c1-3-5-16(6-4-2)13-11(14)7-10(9-17)8-12(13)15/h1,7-8,17H,4-6,9H2,2H3. The van der Waals surface area contributed by atoms with Gasteiger partial charge in [0, 0.05) is 6.54 Å². The first-order valence-electron chi connectivity index (χ1n) is 5.41. The molecule has 17 heavy (non-hydrogen) atoms. The van der Waals surface area contributed by atoms with Crippen molar-refractivity contribution in [3.8, 4) is 12.3 Å². The topological polar surface area (TPSA) is 23.5 Å². The smallest absolute Gasteiger partial charge is 0.149 e. The van der Waals surface area contributed by atoms with Crippen molar-refractivity contribution in [1.82, 2.24) is 0 Å². The summed E-state index contributed by atoms with van der Waals surface area (Å²) in [7, 11) is 0. The Bertz CT molecular complexity index is 403. The molecule has 0 aliphatic rings. The maximum atomic E-state index is 13.7. The van der Waals surface area contributed by atoms with E-state index in [0.29, 0.717) is 6.54 Å². The summed E-state index contributed by atoms with van der Waals surface area (Å²) in [6.07, 6.45) is 5.92. The van der Waals surface area contributed by atoms with Crippen LogP contribution in [0.4, 0.5) is 14.5 Å². The highest BCUT2D eigenvalue weighted by molar-refractivity contribution is 5.51. The molecule has 1 aromatic carbocycles. The molecule has 0 fully saturated rings. The molecule has 92 valence electrons. The number of hydrogen-bond donors (Lipinski definition) is 1. The minimum Gasteiger partial charge on any atom is -0.392 e. The van der Waals surface area contributed by atoms with E-state index in [1.807, 2.05) is 6.92 Å². The molecule has 0 heterocycles. The highest BCUT2D eigenvalue weighted by Gasteiger charge is 2.16. The predicted octanol–water partition coefficient (Wildman–Crippen LogP) is 2.31. The van der Waals surface area contributed by atoms with E-state index < -0.39 is 18.2 Å². The Balaban J connectivity index is 3.14. The number of anilines is 1. The van der Waals surface area contributed by atoms with Gasteiger partial charge in [-0.2, -0.15) is 0 Å². The Morgan fingerprint density at radius 2 is 1.94 bits per heavy atom. The van der Waals surface area contributed by atoms with Crippen molar-refractivity contribution in [2.45, 2.75) is 20.0 Å². The quantitative estimate of drug-likeness (QED) is 0.797. The Morgan fingerprint density at radius 3 is 2.35 bits per heavy atom. The Kier molecular flexibility index (Phi) is 4.92. The second kappa shape index (κ2) is 6.21. The summed E-state index contributed by atoms with van der Waals surface area (Å²) in [5.74, 6) is 0.984. The SMILES string of the molecule is C#CCN(CCC)c1c(F)cc(CO)cc1F. The average molecular weight is 239 g/mol. The third-order valence-electron chi connectivity index (χ3n) is 2.35. The number of rotatable bonds is 5. The van der Waals surface area contributed by atoms with Gasteiger partial charge in [0.2, 0.25) is 0 Å². The zero-order valence-corrected chi connectivity index (χ0v) is 9.71. The van der Waals surface area contributed by atoms with Crippen LogP contribution in [0.5, 0.6) is 0 Å². The highest BCUT2D eigenvalue weighted by atomic mass is 19.1. The number of nitrogens with zero attached hydrogens (tertiary/aromatic N) is 1. The molecular formula is C13H15F2NO. The lowest BCUT2D eigenvalue weighted by molar-refractivity contribution is 0.280. The minimum atomic E-state index is -0.697. The first-order chi connectivity index (χ1) is 8.13. The first kappa shape index (κ1) is 13.5. The largest absolute Gasteiger partial charge is 0.392 e.